The number of hydrogen-bond donors (Lipinski definition) is 0. The molecule has 1 aromatic carbocycles. The number of carbonyl (C=O) groups is 1. The van der Waals surface area contributed by atoms with Gasteiger partial charge in [0.1, 0.15) is 0 Å². The van der Waals surface area contributed by atoms with E-state index in [1.807, 2.05) is 6.07 Å². The normalized spacial score (nSPS) is 35.8. The summed E-state index contributed by atoms with van der Waals surface area (Å²) in [7, 11) is 0. The minimum Gasteiger partial charge on any atom is -0.550 e. The molecule has 2 bridgehead atoms. The van der Waals surface area contributed by atoms with Crippen LogP contribution in [0.15, 0.2) is 30.3 Å². The third-order valence-electron chi connectivity index (χ3n) is 5.07. The molecule has 3 fully saturated rings. The maximum Gasteiger partial charge on any atom is 0.0476 e. The second-order valence-electron chi connectivity index (χ2n) is 5.71. The number of aliphatic carboxylic acids is 1. The first kappa shape index (κ1) is 10.8. The number of hydrogen-bond acceptors (Lipinski definition) is 2. The van der Waals surface area contributed by atoms with Crippen molar-refractivity contribution in [1.29, 1.82) is 0 Å². The van der Waals surface area contributed by atoms with E-state index in [1.54, 1.807) is 0 Å². The predicted molar refractivity (Wildman–Crippen MR) is 63.3 cm³/mol. The molecule has 1 aromatic rings. The Labute approximate surface area is 102 Å². The fourth-order valence-corrected chi connectivity index (χ4v) is 3.72. The largest absolute Gasteiger partial charge is 0.550 e. The lowest BCUT2D eigenvalue weighted by Gasteiger charge is -2.54. The Morgan fingerprint density at radius 1 is 0.941 bits per heavy atom. The van der Waals surface area contributed by atoms with Gasteiger partial charge in [-0.1, -0.05) is 30.3 Å². The third-order valence-corrected chi connectivity index (χ3v) is 5.07. The minimum atomic E-state index is -0.820. The Bertz CT molecular complexity index is 411. The summed E-state index contributed by atoms with van der Waals surface area (Å²) in [6.45, 7) is 0. The fraction of sp³-hybridized carbons (Fsp3) is 0.533. The predicted octanol–water partition coefficient (Wildman–Crippen LogP) is 2.03. The van der Waals surface area contributed by atoms with Crippen molar-refractivity contribution in [1.82, 2.24) is 0 Å². The van der Waals surface area contributed by atoms with Gasteiger partial charge in [-0.15, -0.1) is 0 Å². The highest BCUT2D eigenvalue weighted by Gasteiger charge is 2.49. The molecule has 0 unspecified atom stereocenters. The van der Waals surface area contributed by atoms with Gasteiger partial charge in [0.05, 0.1) is 0 Å². The van der Waals surface area contributed by atoms with Crippen LogP contribution < -0.4 is 5.11 Å². The second-order valence-corrected chi connectivity index (χ2v) is 5.71. The first-order valence-electron chi connectivity index (χ1n) is 6.44. The smallest absolute Gasteiger partial charge is 0.0476 e. The average molecular weight is 229 g/mol. The van der Waals surface area contributed by atoms with Gasteiger partial charge < -0.3 is 9.90 Å². The topological polar surface area (TPSA) is 40.1 Å². The molecule has 0 spiro atoms. The van der Waals surface area contributed by atoms with Crippen LogP contribution in [0, 0.1) is 5.41 Å². The molecular weight excluding hydrogens is 212 g/mol. The van der Waals surface area contributed by atoms with E-state index in [9.17, 15) is 9.90 Å². The molecule has 90 valence electrons. The molecule has 0 aliphatic heterocycles. The van der Waals surface area contributed by atoms with Crippen LogP contribution in [-0.2, 0) is 10.2 Å². The summed E-state index contributed by atoms with van der Waals surface area (Å²) in [6, 6.07) is 10.6. The van der Waals surface area contributed by atoms with Gasteiger partial charge in [0.15, 0.2) is 0 Å². The van der Waals surface area contributed by atoms with Crippen molar-refractivity contribution in [2.75, 3.05) is 0 Å². The number of rotatable bonds is 2. The molecule has 3 aliphatic carbocycles. The number of carboxylic acid groups (broad SMARTS) is 1. The SMILES string of the molecule is O=C([O-])C12CCC(c3ccccc3)(CC1)CC2. The lowest BCUT2D eigenvalue weighted by atomic mass is 9.52. The van der Waals surface area contributed by atoms with E-state index >= 15 is 0 Å². The first-order valence-corrected chi connectivity index (χ1v) is 6.44. The van der Waals surface area contributed by atoms with Gasteiger partial charge in [-0.3, -0.25) is 0 Å². The fourth-order valence-electron chi connectivity index (χ4n) is 3.72. The molecule has 0 saturated heterocycles. The molecule has 3 saturated carbocycles. The monoisotopic (exact) mass is 229 g/mol. The molecule has 0 N–H and O–H groups in total. The van der Waals surface area contributed by atoms with Crippen molar-refractivity contribution < 1.29 is 9.90 Å². The van der Waals surface area contributed by atoms with E-state index in [0.29, 0.717) is 0 Å². The van der Waals surface area contributed by atoms with Crippen LogP contribution in [0.3, 0.4) is 0 Å². The van der Waals surface area contributed by atoms with Gasteiger partial charge in [-0.25, -0.2) is 0 Å². The Hall–Kier alpha value is -1.31. The summed E-state index contributed by atoms with van der Waals surface area (Å²) in [5, 5.41) is 11.3. The van der Waals surface area contributed by atoms with Crippen molar-refractivity contribution in [3.05, 3.63) is 35.9 Å². The summed E-state index contributed by atoms with van der Waals surface area (Å²) >= 11 is 0. The minimum absolute atomic E-state index is 0.248. The highest BCUT2D eigenvalue weighted by Crippen LogP contribution is 2.57. The van der Waals surface area contributed by atoms with Crippen LogP contribution in [0.25, 0.3) is 0 Å². The van der Waals surface area contributed by atoms with Crippen LogP contribution in [0.5, 0.6) is 0 Å². The number of benzene rings is 1. The Kier molecular flexibility index (Phi) is 2.29. The standard InChI is InChI=1S/C15H18O2/c16-13(17)15-9-6-14(7-10-15,8-11-15)12-4-2-1-3-5-12/h1-5H,6-11H2,(H,16,17)/p-1. The molecule has 0 aromatic heterocycles. The molecule has 3 aliphatic rings. The van der Waals surface area contributed by atoms with Gasteiger partial charge in [-0.2, -0.15) is 0 Å². The third kappa shape index (κ3) is 1.50. The summed E-state index contributed by atoms with van der Waals surface area (Å²) in [5.41, 5.74) is 1.14. The van der Waals surface area contributed by atoms with E-state index < -0.39 is 11.4 Å². The molecule has 0 heterocycles. The van der Waals surface area contributed by atoms with Gasteiger partial charge in [-0.05, 0) is 49.5 Å². The van der Waals surface area contributed by atoms with E-state index in [2.05, 4.69) is 24.3 Å². The van der Waals surface area contributed by atoms with Crippen LogP contribution in [-0.4, -0.2) is 5.97 Å². The maximum atomic E-state index is 11.3. The van der Waals surface area contributed by atoms with Crippen molar-refractivity contribution in [3.63, 3.8) is 0 Å². The molecule has 2 heteroatoms. The van der Waals surface area contributed by atoms with Crippen LogP contribution in [0.1, 0.15) is 44.1 Å². The molecule has 2 nitrogen and oxygen atoms in total. The molecule has 0 atom stereocenters. The van der Waals surface area contributed by atoms with Gasteiger partial charge >= 0.3 is 0 Å². The molecule has 0 amide bonds. The molecule has 17 heavy (non-hydrogen) atoms. The second kappa shape index (κ2) is 3.59. The summed E-state index contributed by atoms with van der Waals surface area (Å²) in [5.74, 6) is -0.820. The van der Waals surface area contributed by atoms with Crippen LogP contribution in [0.2, 0.25) is 0 Å². The maximum absolute atomic E-state index is 11.3. The van der Waals surface area contributed by atoms with Crippen molar-refractivity contribution in [2.24, 2.45) is 5.41 Å². The van der Waals surface area contributed by atoms with Crippen molar-refractivity contribution >= 4 is 5.97 Å². The Morgan fingerprint density at radius 2 is 1.47 bits per heavy atom. The summed E-state index contributed by atoms with van der Waals surface area (Å²) in [4.78, 5) is 11.3. The molecular formula is C15H17O2-. The molecule has 0 radical (unpaired) electrons. The van der Waals surface area contributed by atoms with Crippen LogP contribution in [0.4, 0.5) is 0 Å². The highest BCUT2D eigenvalue weighted by molar-refractivity contribution is 5.73. The van der Waals surface area contributed by atoms with Gasteiger partial charge in [0, 0.05) is 11.4 Å². The lowest BCUT2D eigenvalue weighted by molar-refractivity contribution is -0.323. The number of carbonyl (C=O) groups excluding carboxylic acids is 1. The van der Waals surface area contributed by atoms with E-state index in [1.165, 1.54) is 5.56 Å². The first-order chi connectivity index (χ1) is 8.17. The quantitative estimate of drug-likeness (QED) is 0.778. The molecule has 4 rings (SSSR count). The highest BCUT2D eigenvalue weighted by atomic mass is 16.4. The zero-order valence-corrected chi connectivity index (χ0v) is 9.95. The van der Waals surface area contributed by atoms with Gasteiger partial charge in [0.2, 0.25) is 0 Å². The summed E-state index contributed by atoms with van der Waals surface area (Å²) < 4.78 is 0. The van der Waals surface area contributed by atoms with Crippen molar-refractivity contribution in [3.8, 4) is 0 Å². The summed E-state index contributed by atoms with van der Waals surface area (Å²) in [6.07, 6.45) is 5.40. The number of fused-ring (bicyclic) bond motifs is 3. The van der Waals surface area contributed by atoms with E-state index in [-0.39, 0.29) is 5.41 Å². The lowest BCUT2D eigenvalue weighted by Crippen LogP contribution is -2.52. The van der Waals surface area contributed by atoms with Crippen molar-refractivity contribution in [2.45, 2.75) is 43.9 Å². The average Bonchev–Trinajstić information content (AvgIpc) is 2.42. The van der Waals surface area contributed by atoms with E-state index in [0.717, 1.165) is 38.5 Å². The van der Waals surface area contributed by atoms with Gasteiger partial charge in [0.25, 0.3) is 0 Å². The zero-order chi connectivity index (χ0) is 11.9. The Balaban J connectivity index is 1.89. The Morgan fingerprint density at radius 3 is 1.94 bits per heavy atom. The zero-order valence-electron chi connectivity index (χ0n) is 9.95. The van der Waals surface area contributed by atoms with Crippen LogP contribution >= 0.6 is 0 Å². The number of carboxylic acids is 1. The van der Waals surface area contributed by atoms with E-state index in [4.69, 9.17) is 0 Å².